The topological polar surface area (TPSA) is 104 Å². The summed E-state index contributed by atoms with van der Waals surface area (Å²) < 4.78 is 32.0. The van der Waals surface area contributed by atoms with Crippen molar-refractivity contribution in [3.8, 4) is 11.7 Å². The predicted octanol–water partition coefficient (Wildman–Crippen LogP) is -0.136. The third-order valence-electron chi connectivity index (χ3n) is 2.45. The number of halogens is 1. The molecule has 0 aliphatic rings. The fourth-order valence-corrected chi connectivity index (χ4v) is 2.07. The van der Waals surface area contributed by atoms with Gasteiger partial charge in [-0.15, -0.1) is 9.78 Å². The second-order valence-corrected chi connectivity index (χ2v) is 4.44. The third kappa shape index (κ3) is 2.07. The van der Waals surface area contributed by atoms with Crippen LogP contribution in [-0.4, -0.2) is 34.4 Å². The molecule has 0 aliphatic carbocycles. The van der Waals surface area contributed by atoms with Crippen LogP contribution in [0.2, 0.25) is 1.41 Å². The van der Waals surface area contributed by atoms with E-state index in [0.29, 0.717) is 11.5 Å². The molecule has 0 unspecified atom stereocenters. The van der Waals surface area contributed by atoms with Gasteiger partial charge in [-0.3, -0.25) is 5.09 Å². The Bertz CT molecular complexity index is 837. The van der Waals surface area contributed by atoms with E-state index in [4.69, 9.17) is 6.15 Å². The molecule has 1 N–H and O–H groups in total. The largest absolute Gasteiger partial charge is 0.471 e. The Morgan fingerprint density at radius 2 is 2.45 bits per heavy atom. The van der Waals surface area contributed by atoms with Crippen molar-refractivity contribution < 1.29 is 10.5 Å². The lowest BCUT2D eigenvalue weighted by atomic mass is 10.3. The molecule has 0 aromatic carbocycles. The summed E-state index contributed by atoms with van der Waals surface area (Å²) in [6.45, 7) is -0.197. The molecule has 20 heavy (non-hydrogen) atoms. The molecule has 104 valence electrons. The quantitative estimate of drug-likeness (QED) is 0.719. The summed E-state index contributed by atoms with van der Waals surface area (Å²) in [4.78, 5) is 11.8. The second-order valence-electron chi connectivity index (χ2n) is 3.71. The summed E-state index contributed by atoms with van der Waals surface area (Å²) in [7, 11) is 1.42. The van der Waals surface area contributed by atoms with Crippen LogP contribution in [0.5, 0.6) is 5.88 Å². The molecule has 0 saturated heterocycles. The van der Waals surface area contributed by atoms with Crippen LogP contribution < -0.4 is 10.4 Å². The third-order valence-corrected chi connectivity index (χ3v) is 3.12. The highest BCUT2D eigenvalue weighted by Gasteiger charge is 2.20. The van der Waals surface area contributed by atoms with Gasteiger partial charge < -0.3 is 4.74 Å². The number of hydrogen-bond acceptors (Lipinski definition) is 7. The zero-order valence-electron chi connectivity index (χ0n) is 11.1. The number of aromatic nitrogens is 7. The van der Waals surface area contributed by atoms with Gasteiger partial charge in [0.25, 0.3) is 0 Å². The van der Waals surface area contributed by atoms with Gasteiger partial charge in [0.1, 0.15) is 6.61 Å². The van der Waals surface area contributed by atoms with Gasteiger partial charge in [-0.05, 0) is 22.0 Å². The molecule has 0 saturated carbocycles. The molecule has 0 spiro atoms. The maximum absolute atomic E-state index is 13.8. The summed E-state index contributed by atoms with van der Waals surface area (Å²) in [5.74, 6) is 0.189. The normalized spacial score (nSPS) is 11.6. The number of aryl methyl sites for hydroxylation is 1. The molecule has 0 bridgehead atoms. The minimum Gasteiger partial charge on any atom is -0.471 e. The standard InChI is InChI=1S/C9H8FN7O2S/c1-16-9(18)17(15-14-16)8-5(7(10)20-13-8)4-19-6-2-3-11-12-6/h2-3H,4H2,1H3,(H,11,12)/i/hT. The Labute approximate surface area is 116 Å². The van der Waals surface area contributed by atoms with Gasteiger partial charge in [-0.25, -0.2) is 4.79 Å². The molecule has 0 radical (unpaired) electrons. The molecule has 3 rings (SSSR count). The van der Waals surface area contributed by atoms with Gasteiger partial charge in [0.05, 0.1) is 5.56 Å². The van der Waals surface area contributed by atoms with Crippen LogP contribution in [0.4, 0.5) is 4.39 Å². The van der Waals surface area contributed by atoms with Crippen molar-refractivity contribution in [3.05, 3.63) is 33.4 Å². The number of rotatable bonds is 4. The van der Waals surface area contributed by atoms with Gasteiger partial charge in [0, 0.05) is 19.3 Å². The zero-order chi connectivity index (χ0) is 15.0. The maximum Gasteiger partial charge on any atom is 0.369 e. The van der Waals surface area contributed by atoms with Crippen molar-refractivity contribution >= 4 is 11.5 Å². The molecule has 3 aromatic heterocycles. The van der Waals surface area contributed by atoms with Gasteiger partial charge in [-0.1, -0.05) is 0 Å². The van der Waals surface area contributed by atoms with Gasteiger partial charge in [0.2, 0.25) is 11.0 Å². The smallest absolute Gasteiger partial charge is 0.369 e. The average Bonchev–Trinajstić information content (AvgIpc) is 3.11. The van der Waals surface area contributed by atoms with Crippen molar-refractivity contribution in [3.63, 3.8) is 0 Å². The zero-order valence-corrected chi connectivity index (χ0v) is 10.9. The Kier molecular flexibility index (Phi) is 2.73. The van der Waals surface area contributed by atoms with E-state index in [1.807, 2.05) is 0 Å². The van der Waals surface area contributed by atoms with Crippen molar-refractivity contribution in [1.29, 1.82) is 0 Å². The molecule has 0 fully saturated rings. The van der Waals surface area contributed by atoms with E-state index in [2.05, 4.69) is 19.9 Å². The number of ether oxygens (including phenoxy) is 1. The number of nitrogens with zero attached hydrogens (tertiary/aromatic N) is 6. The first-order valence-corrected chi connectivity index (χ1v) is 6.15. The van der Waals surface area contributed by atoms with Crippen LogP contribution in [0.15, 0.2) is 17.1 Å². The van der Waals surface area contributed by atoms with E-state index in [0.717, 1.165) is 14.5 Å². The molecule has 3 aromatic rings. The van der Waals surface area contributed by atoms with E-state index in [-0.39, 0.29) is 23.9 Å². The van der Waals surface area contributed by atoms with Crippen LogP contribution in [0.1, 0.15) is 5.56 Å². The van der Waals surface area contributed by atoms with Crippen LogP contribution in [0.3, 0.4) is 0 Å². The lowest BCUT2D eigenvalue weighted by Crippen LogP contribution is -2.23. The molecule has 3 heterocycles. The maximum atomic E-state index is 13.8. The van der Waals surface area contributed by atoms with Crippen LogP contribution >= 0.6 is 11.5 Å². The van der Waals surface area contributed by atoms with E-state index in [1.165, 1.54) is 19.3 Å². The van der Waals surface area contributed by atoms with Crippen molar-refractivity contribution in [2.75, 3.05) is 0 Å². The highest BCUT2D eigenvalue weighted by Crippen LogP contribution is 2.20. The first-order chi connectivity index (χ1) is 10.1. The molecule has 11 heteroatoms. The van der Waals surface area contributed by atoms with Crippen LogP contribution in [0.25, 0.3) is 5.82 Å². The number of hydrogen-bond donors (Lipinski definition) is 1. The molecule has 9 nitrogen and oxygen atoms in total. The molecule has 0 aliphatic heterocycles. The average molecular weight is 299 g/mol. The number of tetrazole rings is 1. The van der Waals surface area contributed by atoms with Gasteiger partial charge >= 0.3 is 5.69 Å². The van der Waals surface area contributed by atoms with Gasteiger partial charge in [0.15, 0.2) is 7.23 Å². The number of nitrogens with one attached hydrogen (secondary N) is 1. The number of H-pyrrole nitrogens is 1. The lowest BCUT2D eigenvalue weighted by Gasteiger charge is -2.02. The highest BCUT2D eigenvalue weighted by atomic mass is 32.1. The number of aromatic amines is 1. The fraction of sp³-hybridized carbons (Fsp3) is 0.222. The Morgan fingerprint density at radius 3 is 3.10 bits per heavy atom. The summed E-state index contributed by atoms with van der Waals surface area (Å²) in [6.07, 6.45) is 1.37. The minimum atomic E-state index is -0.590. The molecular weight excluding hydrogens is 289 g/mol. The molecule has 0 amide bonds. The summed E-state index contributed by atoms with van der Waals surface area (Å²) in [5, 5.41) is 11.1. The SMILES string of the molecule is [3H]n1ccc(OCc2c(-n3nnn(C)c3=O)nsc2F)n1. The molecular formula is C9H8FN7O2S. The van der Waals surface area contributed by atoms with Crippen LogP contribution in [-0.2, 0) is 13.7 Å². The molecule has 0 atom stereocenters. The Balaban J connectivity index is 1.90. The summed E-state index contributed by atoms with van der Waals surface area (Å²) in [6, 6.07) is 1.46. The fourth-order valence-electron chi connectivity index (χ4n) is 1.46. The lowest BCUT2D eigenvalue weighted by molar-refractivity contribution is 0.288. The monoisotopic (exact) mass is 299 g/mol. The van der Waals surface area contributed by atoms with E-state index in [9.17, 15) is 9.18 Å². The first kappa shape index (κ1) is 11.3. The minimum absolute atomic E-state index is 0.0286. The highest BCUT2D eigenvalue weighted by molar-refractivity contribution is 7.04. The van der Waals surface area contributed by atoms with Crippen molar-refractivity contribution in [2.45, 2.75) is 6.61 Å². The van der Waals surface area contributed by atoms with E-state index in [1.54, 1.807) is 0 Å². The van der Waals surface area contributed by atoms with E-state index >= 15 is 0 Å². The second kappa shape index (κ2) is 4.85. The first-order valence-electron chi connectivity index (χ1n) is 5.82. The Hall–Kier alpha value is -2.56. The van der Waals surface area contributed by atoms with Crippen molar-refractivity contribution in [1.82, 2.24) is 34.4 Å². The van der Waals surface area contributed by atoms with Crippen LogP contribution in [0, 0.1) is 5.13 Å². The summed E-state index contributed by atoms with van der Waals surface area (Å²) in [5.41, 5.74) is -0.473. The predicted molar refractivity (Wildman–Crippen MR) is 65.1 cm³/mol. The van der Waals surface area contributed by atoms with E-state index < -0.39 is 10.8 Å². The summed E-state index contributed by atoms with van der Waals surface area (Å²) >= 11 is 0.588. The Morgan fingerprint density at radius 1 is 1.60 bits per heavy atom. The van der Waals surface area contributed by atoms with Gasteiger partial charge in [-0.2, -0.15) is 13.4 Å². The van der Waals surface area contributed by atoms with Crippen molar-refractivity contribution in [2.24, 2.45) is 7.05 Å².